The number of nitrogens with zero attached hydrogens (tertiary/aromatic N) is 1. The molecule has 0 radical (unpaired) electrons. The van der Waals surface area contributed by atoms with Gasteiger partial charge in [-0.2, -0.15) is 0 Å². The molecule has 2 aliphatic rings. The molecule has 2 unspecified atom stereocenters. The fraction of sp³-hybridized carbons (Fsp3) is 0.364. The van der Waals surface area contributed by atoms with Crippen molar-refractivity contribution in [1.29, 1.82) is 0 Å². The van der Waals surface area contributed by atoms with Crippen LogP contribution in [0.1, 0.15) is 12.6 Å². The molecule has 14 heavy (non-hydrogen) atoms. The minimum atomic E-state index is 0.653. The van der Waals surface area contributed by atoms with Gasteiger partial charge in [-0.25, -0.2) is 4.98 Å². The molecule has 0 saturated heterocycles. The molecule has 2 N–H and O–H groups in total. The molecule has 1 aromatic rings. The summed E-state index contributed by atoms with van der Waals surface area (Å²) in [5.74, 6) is 2.35. The molecule has 0 aliphatic heterocycles. The van der Waals surface area contributed by atoms with Gasteiger partial charge in [0, 0.05) is 5.38 Å². The molecular weight excluding hydrogens is 192 g/mol. The average Bonchev–Trinajstić information content (AvgIpc) is 2.64. The van der Waals surface area contributed by atoms with Crippen LogP contribution in [0.2, 0.25) is 0 Å². The average molecular weight is 204 g/mol. The van der Waals surface area contributed by atoms with E-state index in [-0.39, 0.29) is 0 Å². The summed E-state index contributed by atoms with van der Waals surface area (Å²) in [6, 6.07) is 0. The highest BCUT2D eigenvalue weighted by atomic mass is 32.1. The van der Waals surface area contributed by atoms with Gasteiger partial charge in [0.15, 0.2) is 5.13 Å². The Morgan fingerprint density at radius 2 is 2.29 bits per heavy atom. The van der Waals surface area contributed by atoms with E-state index < -0.39 is 0 Å². The third kappa shape index (κ3) is 1.12. The summed E-state index contributed by atoms with van der Waals surface area (Å²) >= 11 is 1.51. The Hall–Kier alpha value is -1.09. The van der Waals surface area contributed by atoms with Crippen LogP contribution in [0, 0.1) is 17.8 Å². The van der Waals surface area contributed by atoms with Crippen LogP contribution in [-0.2, 0) is 0 Å². The van der Waals surface area contributed by atoms with E-state index >= 15 is 0 Å². The van der Waals surface area contributed by atoms with Crippen molar-refractivity contribution in [1.82, 2.24) is 4.98 Å². The van der Waals surface area contributed by atoms with E-state index in [4.69, 9.17) is 5.73 Å². The van der Waals surface area contributed by atoms with E-state index in [0.717, 1.165) is 23.4 Å². The van der Waals surface area contributed by atoms with Gasteiger partial charge in [0.2, 0.25) is 0 Å². The molecule has 3 heteroatoms. The van der Waals surface area contributed by atoms with Crippen molar-refractivity contribution in [2.24, 2.45) is 17.8 Å². The fourth-order valence-electron chi connectivity index (χ4n) is 2.16. The first-order valence-corrected chi connectivity index (χ1v) is 5.75. The summed E-state index contributed by atoms with van der Waals surface area (Å²) in [6.45, 7) is 2.30. The number of nitrogen functional groups attached to an aromatic ring is 1. The lowest BCUT2D eigenvalue weighted by Gasteiger charge is -2.01. The molecule has 2 nitrogen and oxygen atoms in total. The first kappa shape index (κ1) is 8.24. The highest BCUT2D eigenvalue weighted by molar-refractivity contribution is 7.13. The smallest absolute Gasteiger partial charge is 0.180 e. The van der Waals surface area contributed by atoms with Gasteiger partial charge >= 0.3 is 0 Å². The van der Waals surface area contributed by atoms with Gasteiger partial charge in [-0.3, -0.25) is 0 Å². The van der Waals surface area contributed by atoms with Crippen molar-refractivity contribution < 1.29 is 0 Å². The number of hydrogen-bond acceptors (Lipinski definition) is 3. The monoisotopic (exact) mass is 204 g/mol. The molecule has 3 atom stereocenters. The minimum absolute atomic E-state index is 0.653. The van der Waals surface area contributed by atoms with Crippen molar-refractivity contribution in [2.45, 2.75) is 6.92 Å². The fourth-order valence-corrected chi connectivity index (χ4v) is 2.73. The van der Waals surface area contributed by atoms with Crippen molar-refractivity contribution in [3.8, 4) is 0 Å². The molecule has 0 bridgehead atoms. The SMILES string of the molecule is CC1C2C=CC(c3csc(N)n3)=C[C@@H]12. The van der Waals surface area contributed by atoms with Crippen LogP contribution in [0.3, 0.4) is 0 Å². The van der Waals surface area contributed by atoms with E-state index in [1.807, 2.05) is 5.38 Å². The minimum Gasteiger partial charge on any atom is -0.375 e. The molecule has 72 valence electrons. The van der Waals surface area contributed by atoms with Crippen LogP contribution in [0.4, 0.5) is 5.13 Å². The Labute approximate surface area is 87.2 Å². The third-order valence-corrected chi connectivity index (χ3v) is 3.88. The summed E-state index contributed by atoms with van der Waals surface area (Å²) in [4.78, 5) is 4.29. The Kier molecular flexibility index (Phi) is 1.59. The molecular formula is C11H12N2S. The highest BCUT2D eigenvalue weighted by Crippen LogP contribution is 2.51. The number of fused-ring (bicyclic) bond motifs is 1. The molecule has 2 aliphatic carbocycles. The number of hydrogen-bond donors (Lipinski definition) is 1. The first-order valence-electron chi connectivity index (χ1n) is 4.87. The molecule has 1 saturated carbocycles. The second kappa shape index (κ2) is 2.70. The van der Waals surface area contributed by atoms with Gasteiger partial charge in [0.05, 0.1) is 5.69 Å². The number of rotatable bonds is 1. The Morgan fingerprint density at radius 1 is 1.43 bits per heavy atom. The lowest BCUT2D eigenvalue weighted by Crippen LogP contribution is -1.89. The Morgan fingerprint density at radius 3 is 2.93 bits per heavy atom. The summed E-state index contributed by atoms with van der Waals surface area (Å²) in [7, 11) is 0. The van der Waals surface area contributed by atoms with Crippen LogP contribution in [0.5, 0.6) is 0 Å². The van der Waals surface area contributed by atoms with E-state index in [0.29, 0.717) is 5.13 Å². The quantitative estimate of drug-likeness (QED) is 0.763. The predicted molar refractivity (Wildman–Crippen MR) is 59.8 cm³/mol. The first-order chi connectivity index (χ1) is 6.75. The number of anilines is 1. The van der Waals surface area contributed by atoms with Gasteiger partial charge in [-0.1, -0.05) is 25.2 Å². The Balaban J connectivity index is 1.94. The topological polar surface area (TPSA) is 38.9 Å². The molecule has 1 heterocycles. The molecule has 0 spiro atoms. The van der Waals surface area contributed by atoms with Crippen LogP contribution in [-0.4, -0.2) is 4.98 Å². The highest BCUT2D eigenvalue weighted by Gasteiger charge is 2.44. The van der Waals surface area contributed by atoms with Crippen LogP contribution >= 0.6 is 11.3 Å². The molecule has 3 rings (SSSR count). The maximum atomic E-state index is 5.61. The maximum absolute atomic E-state index is 5.61. The number of allylic oxidation sites excluding steroid dienone is 4. The summed E-state index contributed by atoms with van der Waals surface area (Å²) in [5.41, 5.74) is 7.88. The lowest BCUT2D eigenvalue weighted by atomic mass is 10.1. The van der Waals surface area contributed by atoms with Gasteiger partial charge in [0.25, 0.3) is 0 Å². The zero-order chi connectivity index (χ0) is 9.71. The van der Waals surface area contributed by atoms with E-state index in [1.165, 1.54) is 16.9 Å². The largest absolute Gasteiger partial charge is 0.375 e. The van der Waals surface area contributed by atoms with Crippen molar-refractivity contribution >= 4 is 22.0 Å². The van der Waals surface area contributed by atoms with Crippen molar-refractivity contribution in [2.75, 3.05) is 5.73 Å². The third-order valence-electron chi connectivity index (χ3n) is 3.21. The predicted octanol–water partition coefficient (Wildman–Crippen LogP) is 2.56. The van der Waals surface area contributed by atoms with Crippen LogP contribution in [0.25, 0.3) is 5.57 Å². The zero-order valence-electron chi connectivity index (χ0n) is 7.97. The van der Waals surface area contributed by atoms with Gasteiger partial charge in [-0.15, -0.1) is 11.3 Å². The Bertz CT molecular complexity index is 430. The van der Waals surface area contributed by atoms with Gasteiger partial charge < -0.3 is 5.73 Å². The summed E-state index contributed by atoms with van der Waals surface area (Å²) in [5, 5.41) is 2.68. The molecule has 0 aromatic carbocycles. The summed E-state index contributed by atoms with van der Waals surface area (Å²) in [6.07, 6.45) is 6.82. The van der Waals surface area contributed by atoms with Crippen LogP contribution in [0.15, 0.2) is 23.6 Å². The summed E-state index contributed by atoms with van der Waals surface area (Å²) < 4.78 is 0. The zero-order valence-corrected chi connectivity index (χ0v) is 8.79. The normalized spacial score (nSPS) is 33.8. The lowest BCUT2D eigenvalue weighted by molar-refractivity contribution is 0.885. The number of nitrogens with two attached hydrogens (primary N) is 1. The molecule has 1 fully saturated rings. The second-order valence-corrected chi connectivity index (χ2v) is 4.96. The second-order valence-electron chi connectivity index (χ2n) is 4.07. The van der Waals surface area contributed by atoms with Crippen LogP contribution < -0.4 is 5.73 Å². The number of aromatic nitrogens is 1. The van der Waals surface area contributed by atoms with E-state index in [1.54, 1.807) is 0 Å². The van der Waals surface area contributed by atoms with Crippen molar-refractivity contribution in [3.05, 3.63) is 29.3 Å². The van der Waals surface area contributed by atoms with Crippen molar-refractivity contribution in [3.63, 3.8) is 0 Å². The van der Waals surface area contributed by atoms with Gasteiger partial charge in [-0.05, 0) is 23.3 Å². The standard InChI is InChI=1S/C11H12N2S/c1-6-8-3-2-7(4-9(6)8)10-5-14-11(12)13-10/h2-6,8-9H,1H3,(H2,12,13)/t6?,8?,9-/m0/s1. The number of thiazole rings is 1. The molecule has 1 aromatic heterocycles. The van der Waals surface area contributed by atoms with E-state index in [9.17, 15) is 0 Å². The van der Waals surface area contributed by atoms with E-state index in [2.05, 4.69) is 30.1 Å². The van der Waals surface area contributed by atoms with Gasteiger partial charge in [0.1, 0.15) is 0 Å². The molecule has 0 amide bonds. The maximum Gasteiger partial charge on any atom is 0.180 e.